The molecule has 0 aliphatic rings. The van der Waals surface area contributed by atoms with Gasteiger partial charge in [0.15, 0.2) is 0 Å². The van der Waals surface area contributed by atoms with E-state index in [0.29, 0.717) is 0 Å². The Hall–Kier alpha value is 1.94. The van der Waals surface area contributed by atoms with Crippen molar-refractivity contribution >= 4 is 0 Å². The topological polar surface area (TPSA) is 57.2 Å². The van der Waals surface area contributed by atoms with E-state index in [1.807, 2.05) is 0 Å². The second-order valence-electron chi connectivity index (χ2n) is 0.224. The van der Waals surface area contributed by atoms with Crippen LogP contribution in [-0.2, 0) is 25.3 Å². The third-order valence-electron chi connectivity index (χ3n) is 0. The van der Waals surface area contributed by atoms with E-state index in [1.165, 1.54) is 0 Å². The minimum atomic E-state index is -4.34. The molecule has 3 nitrogen and oxygen atoms in total. The second-order valence-corrected chi connectivity index (χ2v) is 1.83. The van der Waals surface area contributed by atoms with Crippen molar-refractivity contribution in [1.82, 2.24) is 0 Å². The van der Waals surface area contributed by atoms with E-state index in [9.17, 15) is 0 Å². The predicted molar refractivity (Wildman–Crippen MR) is 1.37 cm³/mol. The minimum absolute atomic E-state index is 0. The fraction of sp³-hybridized carbons (Fsp3) is 0. The van der Waals surface area contributed by atoms with Crippen molar-refractivity contribution in [2.45, 2.75) is 0 Å². The van der Waals surface area contributed by atoms with Gasteiger partial charge in [0.1, 0.15) is 0 Å². The van der Waals surface area contributed by atoms with Crippen LogP contribution in [0.5, 0.6) is 0 Å². The first-order chi connectivity index (χ1) is 1.73. The zero-order chi connectivity index (χ0) is 3.58. The van der Waals surface area contributed by atoms with E-state index >= 15 is 0 Å². The summed E-state index contributed by atoms with van der Waals surface area (Å²) in [6.45, 7) is 0. The molecule has 0 saturated carbocycles. The van der Waals surface area contributed by atoms with Gasteiger partial charge in [-0.25, -0.2) is 0 Å². The Balaban J connectivity index is 0. The van der Waals surface area contributed by atoms with E-state index in [1.54, 1.807) is 0 Å². The van der Waals surface area contributed by atoms with Crippen LogP contribution >= 0.6 is 0 Å². The molecular formula is KO3Ta. The Morgan fingerprint density at radius 3 is 1.40 bits per heavy atom. The average molecular weight is 268 g/mol. The van der Waals surface area contributed by atoms with Gasteiger partial charge in [0, 0.05) is 0 Å². The monoisotopic (exact) mass is 268 g/mol. The van der Waals surface area contributed by atoms with Crippen molar-refractivity contribution in [1.29, 1.82) is 0 Å². The molecule has 0 radical (unpaired) electrons. The van der Waals surface area contributed by atoms with Crippen molar-refractivity contribution in [3.63, 3.8) is 0 Å². The molecule has 0 aliphatic carbocycles. The molecule has 0 bridgehead atoms. The van der Waals surface area contributed by atoms with Gasteiger partial charge in [-0.3, -0.25) is 0 Å². The van der Waals surface area contributed by atoms with Crippen LogP contribution in [0.2, 0.25) is 0 Å². The summed E-state index contributed by atoms with van der Waals surface area (Å²) in [6, 6.07) is 0. The summed E-state index contributed by atoms with van der Waals surface area (Å²) in [4.78, 5) is 0. The standard InChI is InChI=1S/K.3O.Ta/q+1;;;-1;. The van der Waals surface area contributed by atoms with Gasteiger partial charge in [-0.1, -0.05) is 0 Å². The number of hydrogen-bond acceptors (Lipinski definition) is 3. The van der Waals surface area contributed by atoms with Gasteiger partial charge in [-0.05, 0) is 0 Å². The van der Waals surface area contributed by atoms with Crippen LogP contribution in [0.4, 0.5) is 0 Å². The summed E-state index contributed by atoms with van der Waals surface area (Å²) in [7, 11) is 0. The molecule has 0 aromatic heterocycles. The molecule has 0 saturated heterocycles. The third-order valence-corrected chi connectivity index (χ3v) is 0. The van der Waals surface area contributed by atoms with E-state index < -0.39 is 18.8 Å². The molecule has 0 unspecified atom stereocenters. The van der Waals surface area contributed by atoms with Gasteiger partial charge in [0.05, 0.1) is 0 Å². The van der Waals surface area contributed by atoms with E-state index in [2.05, 4.69) is 0 Å². The van der Waals surface area contributed by atoms with Gasteiger partial charge >= 0.3 is 80.3 Å². The van der Waals surface area contributed by atoms with E-state index in [4.69, 9.17) is 10.1 Å². The quantitative estimate of drug-likeness (QED) is 0.417. The van der Waals surface area contributed by atoms with Gasteiger partial charge in [-0.15, -0.1) is 0 Å². The van der Waals surface area contributed by atoms with Gasteiger partial charge < -0.3 is 0 Å². The first-order valence-corrected chi connectivity index (χ1v) is 4.48. The van der Waals surface area contributed by atoms with Crippen molar-refractivity contribution in [2.75, 3.05) is 0 Å². The predicted octanol–water partition coefficient (Wildman–Crippen LogP) is -4.43. The first-order valence-electron chi connectivity index (χ1n) is 0.548. The molecule has 0 N–H and O–H groups in total. The van der Waals surface area contributed by atoms with Gasteiger partial charge in [0.2, 0.25) is 0 Å². The molecule has 0 aromatic rings. The fourth-order valence-corrected chi connectivity index (χ4v) is 0. The van der Waals surface area contributed by atoms with Crippen LogP contribution in [-0.4, -0.2) is 0 Å². The summed E-state index contributed by atoms with van der Waals surface area (Å²) in [5.74, 6) is 0. The molecular weight excluding hydrogens is 268 g/mol. The SMILES string of the molecule is [K+].[O]=[Ta](=[O])[O-]. The Morgan fingerprint density at radius 2 is 1.40 bits per heavy atom. The molecule has 0 atom stereocenters. The van der Waals surface area contributed by atoms with Crippen LogP contribution in [0.1, 0.15) is 0 Å². The van der Waals surface area contributed by atoms with Crippen LogP contribution in [0.3, 0.4) is 0 Å². The fourth-order valence-electron chi connectivity index (χ4n) is 0. The first kappa shape index (κ1) is 10.0. The molecule has 5 heavy (non-hydrogen) atoms. The van der Waals surface area contributed by atoms with Crippen LogP contribution in [0.15, 0.2) is 0 Å². The Morgan fingerprint density at radius 1 is 1.40 bits per heavy atom. The summed E-state index contributed by atoms with van der Waals surface area (Å²) < 4.78 is 25.9. The van der Waals surface area contributed by atoms with E-state index in [-0.39, 0.29) is 51.4 Å². The number of hydrogen-bond donors (Lipinski definition) is 0. The van der Waals surface area contributed by atoms with Crippen molar-refractivity contribution < 1.29 is 80.3 Å². The molecule has 24 valence electrons. The molecule has 0 heterocycles. The van der Waals surface area contributed by atoms with Crippen LogP contribution in [0, 0.1) is 0 Å². The maximum atomic E-state index is 8.62. The molecule has 0 spiro atoms. The summed E-state index contributed by atoms with van der Waals surface area (Å²) in [5.41, 5.74) is 0. The van der Waals surface area contributed by atoms with E-state index in [0.717, 1.165) is 0 Å². The normalized spacial score (nSPS) is 5.00. The zero-order valence-corrected chi connectivity index (χ0v) is 9.01. The Kier molecular flexibility index (Phi) is 11.9. The summed E-state index contributed by atoms with van der Waals surface area (Å²) >= 11 is -4.34. The summed E-state index contributed by atoms with van der Waals surface area (Å²) in [5, 5.41) is 0. The molecule has 0 amide bonds. The molecule has 5 heteroatoms. The second kappa shape index (κ2) is 5.94. The Labute approximate surface area is 78.5 Å². The summed E-state index contributed by atoms with van der Waals surface area (Å²) in [6.07, 6.45) is 0. The van der Waals surface area contributed by atoms with Crippen molar-refractivity contribution in [3.05, 3.63) is 0 Å². The third kappa shape index (κ3) is 24.5. The maximum absolute atomic E-state index is 8.62. The Bertz CT molecular complexity index is 55.3. The van der Waals surface area contributed by atoms with Crippen molar-refractivity contribution in [2.24, 2.45) is 0 Å². The van der Waals surface area contributed by atoms with Crippen LogP contribution in [0.25, 0.3) is 0 Å². The molecule has 0 rings (SSSR count). The van der Waals surface area contributed by atoms with Crippen LogP contribution < -0.4 is 55.0 Å². The number of rotatable bonds is 0. The van der Waals surface area contributed by atoms with Gasteiger partial charge in [-0.2, -0.15) is 0 Å². The zero-order valence-electron chi connectivity index (χ0n) is 2.67. The molecule has 0 aliphatic heterocycles. The van der Waals surface area contributed by atoms with Gasteiger partial charge in [0.25, 0.3) is 0 Å². The van der Waals surface area contributed by atoms with Crippen molar-refractivity contribution in [3.8, 4) is 0 Å². The molecule has 0 aromatic carbocycles. The molecule has 0 fully saturated rings. The average Bonchev–Trinajstić information content (AvgIpc) is 0.811.